The molecule has 0 N–H and O–H groups in total. The predicted molar refractivity (Wildman–Crippen MR) is 121 cm³/mol. The Hall–Kier alpha value is -2.38. The number of ether oxygens (including phenoxy) is 1. The second kappa shape index (κ2) is 7.10. The van der Waals surface area contributed by atoms with Gasteiger partial charge in [0.1, 0.15) is 5.82 Å². The molecule has 4 aromatic rings. The zero-order chi connectivity index (χ0) is 20.2. The minimum absolute atomic E-state index is 0.748. The van der Waals surface area contributed by atoms with Crippen molar-refractivity contribution < 1.29 is 9.26 Å². The van der Waals surface area contributed by atoms with Crippen LogP contribution in [0.1, 0.15) is 18.5 Å². The molecular weight excluding hydrogens is 444 g/mol. The van der Waals surface area contributed by atoms with Crippen LogP contribution in [0.3, 0.4) is 0 Å². The summed E-state index contributed by atoms with van der Waals surface area (Å²) in [6, 6.07) is 10.9. The number of morpholine rings is 1. The number of halogens is 1. The minimum atomic E-state index is 0.748. The second-order valence-electron chi connectivity index (χ2n) is 8.36. The van der Waals surface area contributed by atoms with E-state index in [0.29, 0.717) is 0 Å². The monoisotopic (exact) mass is 466 g/mol. The van der Waals surface area contributed by atoms with Gasteiger partial charge < -0.3 is 18.7 Å². The lowest BCUT2D eigenvalue weighted by Gasteiger charge is -2.28. The molecule has 0 bridgehead atoms. The Morgan fingerprint density at radius 3 is 2.77 bits per heavy atom. The van der Waals surface area contributed by atoms with Crippen molar-refractivity contribution in [2.45, 2.75) is 26.3 Å². The van der Waals surface area contributed by atoms with Gasteiger partial charge in [0.25, 0.3) is 0 Å². The summed E-state index contributed by atoms with van der Waals surface area (Å²) < 4.78 is 14.3. The van der Waals surface area contributed by atoms with Crippen LogP contribution < -0.4 is 4.90 Å². The lowest BCUT2D eigenvalue weighted by atomic mass is 10.1. The molecule has 0 amide bonds. The molecule has 0 radical (unpaired) electrons. The summed E-state index contributed by atoms with van der Waals surface area (Å²) in [5.41, 5.74) is 6.27. The molecule has 6 rings (SSSR count). The third-order valence-electron chi connectivity index (χ3n) is 6.21. The first-order chi connectivity index (χ1) is 14.7. The summed E-state index contributed by atoms with van der Waals surface area (Å²) >= 11 is 3.66. The SMILES string of the molecule is Cc1noc2c(Br)cc(-c3nc4ccc(N5CCOCC5)cc4n3CC3CC3)cc12. The van der Waals surface area contributed by atoms with Gasteiger partial charge in [-0.15, -0.1) is 0 Å². The molecule has 0 spiro atoms. The van der Waals surface area contributed by atoms with Gasteiger partial charge in [-0.1, -0.05) is 5.16 Å². The van der Waals surface area contributed by atoms with Crippen LogP contribution in [0.25, 0.3) is 33.4 Å². The lowest BCUT2D eigenvalue weighted by molar-refractivity contribution is 0.122. The quantitative estimate of drug-likeness (QED) is 0.415. The number of hydrogen-bond acceptors (Lipinski definition) is 5. The summed E-state index contributed by atoms with van der Waals surface area (Å²) in [6.45, 7) is 6.44. The number of aryl methyl sites for hydroxylation is 1. The topological polar surface area (TPSA) is 56.3 Å². The van der Waals surface area contributed by atoms with E-state index in [4.69, 9.17) is 14.2 Å². The smallest absolute Gasteiger partial charge is 0.181 e. The van der Waals surface area contributed by atoms with Gasteiger partial charge in [0, 0.05) is 36.3 Å². The third-order valence-corrected chi connectivity index (χ3v) is 6.80. The van der Waals surface area contributed by atoms with Crippen molar-refractivity contribution in [2.75, 3.05) is 31.2 Å². The molecule has 1 saturated carbocycles. The molecule has 0 unspecified atom stereocenters. The van der Waals surface area contributed by atoms with Gasteiger partial charge >= 0.3 is 0 Å². The average Bonchev–Trinajstić information content (AvgIpc) is 3.41. The fourth-order valence-corrected chi connectivity index (χ4v) is 4.87. The number of nitrogens with zero attached hydrogens (tertiary/aromatic N) is 4. The van der Waals surface area contributed by atoms with Gasteiger partial charge in [0.15, 0.2) is 5.58 Å². The molecule has 154 valence electrons. The van der Waals surface area contributed by atoms with Gasteiger partial charge in [-0.2, -0.15) is 0 Å². The largest absolute Gasteiger partial charge is 0.378 e. The first-order valence-electron chi connectivity index (χ1n) is 10.6. The number of anilines is 1. The zero-order valence-corrected chi connectivity index (χ0v) is 18.5. The van der Waals surface area contributed by atoms with Crippen LogP contribution in [-0.2, 0) is 11.3 Å². The predicted octanol–water partition coefficient (Wildman–Crippen LogP) is 5.16. The lowest BCUT2D eigenvalue weighted by Crippen LogP contribution is -2.36. The molecule has 2 aromatic heterocycles. The van der Waals surface area contributed by atoms with E-state index >= 15 is 0 Å². The molecule has 2 fully saturated rings. The molecule has 1 saturated heterocycles. The number of imidazole rings is 1. The molecule has 3 heterocycles. The number of hydrogen-bond donors (Lipinski definition) is 0. The maximum absolute atomic E-state index is 5.53. The summed E-state index contributed by atoms with van der Waals surface area (Å²) in [5.74, 6) is 1.76. The Kier molecular flexibility index (Phi) is 4.35. The van der Waals surface area contributed by atoms with Gasteiger partial charge in [-0.3, -0.25) is 0 Å². The van der Waals surface area contributed by atoms with Gasteiger partial charge in [0.2, 0.25) is 0 Å². The van der Waals surface area contributed by atoms with E-state index in [-0.39, 0.29) is 0 Å². The molecule has 2 aliphatic rings. The fraction of sp³-hybridized carbons (Fsp3) is 0.391. The van der Waals surface area contributed by atoms with Gasteiger partial charge in [-0.05, 0) is 71.9 Å². The van der Waals surface area contributed by atoms with Crippen molar-refractivity contribution in [3.05, 3.63) is 40.5 Å². The number of rotatable bonds is 4. The third kappa shape index (κ3) is 3.11. The zero-order valence-electron chi connectivity index (χ0n) is 16.9. The van der Waals surface area contributed by atoms with Crippen LogP contribution in [0.5, 0.6) is 0 Å². The van der Waals surface area contributed by atoms with Gasteiger partial charge in [-0.25, -0.2) is 4.98 Å². The van der Waals surface area contributed by atoms with Crippen molar-refractivity contribution in [1.82, 2.24) is 14.7 Å². The van der Waals surface area contributed by atoms with E-state index in [0.717, 1.165) is 76.8 Å². The van der Waals surface area contributed by atoms with E-state index in [2.05, 4.69) is 60.9 Å². The molecule has 7 heteroatoms. The first-order valence-corrected chi connectivity index (χ1v) is 11.4. The Labute approximate surface area is 182 Å². The van der Waals surface area contributed by atoms with E-state index in [1.165, 1.54) is 24.0 Å². The van der Waals surface area contributed by atoms with Crippen LogP contribution in [0, 0.1) is 12.8 Å². The van der Waals surface area contributed by atoms with Crippen LogP contribution in [0.2, 0.25) is 0 Å². The molecule has 30 heavy (non-hydrogen) atoms. The molecule has 6 nitrogen and oxygen atoms in total. The molecule has 0 atom stereocenters. The molecular formula is C23H23BrN4O2. The summed E-state index contributed by atoms with van der Waals surface area (Å²) in [4.78, 5) is 7.46. The Morgan fingerprint density at radius 1 is 1.13 bits per heavy atom. The summed E-state index contributed by atoms with van der Waals surface area (Å²) in [7, 11) is 0. The second-order valence-corrected chi connectivity index (χ2v) is 9.22. The van der Waals surface area contributed by atoms with Gasteiger partial charge in [0.05, 0.1) is 34.4 Å². The number of aromatic nitrogens is 3. The maximum atomic E-state index is 5.53. The molecule has 1 aliphatic carbocycles. The van der Waals surface area contributed by atoms with Crippen LogP contribution in [0.15, 0.2) is 39.3 Å². The van der Waals surface area contributed by atoms with Crippen molar-refractivity contribution >= 4 is 43.6 Å². The standard InChI is InChI=1S/C23H23BrN4O2/c1-14-18-10-16(11-19(24)22(18)30-26-14)23-25-20-5-4-17(27-6-8-29-9-7-27)12-21(20)28(23)13-15-2-3-15/h4-5,10-12,15H,2-3,6-9,13H2,1H3. The maximum Gasteiger partial charge on any atom is 0.181 e. The van der Waals surface area contributed by atoms with Crippen molar-refractivity contribution in [3.8, 4) is 11.4 Å². The van der Waals surface area contributed by atoms with Crippen molar-refractivity contribution in [2.24, 2.45) is 5.92 Å². The highest BCUT2D eigenvalue weighted by Gasteiger charge is 2.26. The van der Waals surface area contributed by atoms with E-state index in [1.807, 2.05) is 6.92 Å². The Balaban J connectivity index is 1.52. The van der Waals surface area contributed by atoms with Crippen molar-refractivity contribution in [3.63, 3.8) is 0 Å². The van der Waals surface area contributed by atoms with Crippen LogP contribution in [0.4, 0.5) is 5.69 Å². The normalized spacial score (nSPS) is 17.3. The summed E-state index contributed by atoms with van der Waals surface area (Å²) in [5, 5.41) is 5.16. The Morgan fingerprint density at radius 2 is 1.97 bits per heavy atom. The minimum Gasteiger partial charge on any atom is -0.378 e. The van der Waals surface area contributed by atoms with E-state index < -0.39 is 0 Å². The van der Waals surface area contributed by atoms with E-state index in [1.54, 1.807) is 0 Å². The van der Waals surface area contributed by atoms with E-state index in [9.17, 15) is 0 Å². The number of fused-ring (bicyclic) bond motifs is 2. The highest BCUT2D eigenvalue weighted by molar-refractivity contribution is 9.10. The Bertz CT molecular complexity index is 1250. The highest BCUT2D eigenvalue weighted by atomic mass is 79.9. The van der Waals surface area contributed by atoms with Crippen molar-refractivity contribution in [1.29, 1.82) is 0 Å². The highest BCUT2D eigenvalue weighted by Crippen LogP contribution is 2.38. The molecule has 1 aliphatic heterocycles. The average molecular weight is 467 g/mol. The fourth-order valence-electron chi connectivity index (χ4n) is 4.34. The van der Waals surface area contributed by atoms with Crippen LogP contribution >= 0.6 is 15.9 Å². The van der Waals surface area contributed by atoms with Crippen LogP contribution in [-0.4, -0.2) is 41.0 Å². The number of benzene rings is 2. The molecule has 2 aromatic carbocycles. The first kappa shape index (κ1) is 18.4. The summed E-state index contributed by atoms with van der Waals surface area (Å²) in [6.07, 6.45) is 2.60.